The van der Waals surface area contributed by atoms with Crippen molar-refractivity contribution in [3.8, 4) is 0 Å². The van der Waals surface area contributed by atoms with Gasteiger partial charge in [0.25, 0.3) is 0 Å². The zero-order chi connectivity index (χ0) is 14.5. The molecule has 0 aliphatic heterocycles. The van der Waals surface area contributed by atoms with Gasteiger partial charge < -0.3 is 24.8 Å². The third kappa shape index (κ3) is 3.10. The van der Waals surface area contributed by atoms with Gasteiger partial charge in [-0.3, -0.25) is 0 Å². The molecule has 3 rings (SSSR count). The first kappa shape index (κ1) is 19.9. The SMILES string of the molecule is CC1=C(C)C(C)(C)[C]([Zr+2][CH]2C=Cc3ccccc32)=C1C.[Cl-].[Cl-]. The van der Waals surface area contributed by atoms with Crippen LogP contribution >= 0.6 is 0 Å². The molecule has 0 bridgehead atoms. The van der Waals surface area contributed by atoms with Crippen molar-refractivity contribution in [2.45, 2.75) is 38.2 Å². The molecule has 0 nitrogen and oxygen atoms in total. The molecule has 1 aromatic rings. The summed E-state index contributed by atoms with van der Waals surface area (Å²) in [5.74, 6) is 0. The van der Waals surface area contributed by atoms with E-state index in [1.54, 1.807) is 25.6 Å². The van der Waals surface area contributed by atoms with Gasteiger partial charge in [0.15, 0.2) is 0 Å². The van der Waals surface area contributed by atoms with E-state index in [9.17, 15) is 0 Å². The Morgan fingerprint density at radius 1 is 0.955 bits per heavy atom. The number of hydrogen-bond donors (Lipinski definition) is 0. The minimum absolute atomic E-state index is 0. The molecule has 1 unspecified atom stereocenters. The summed E-state index contributed by atoms with van der Waals surface area (Å²) in [5.41, 5.74) is 8.02. The third-order valence-electron chi connectivity index (χ3n) is 5.16. The monoisotopic (exact) mass is 410 g/mol. The maximum atomic E-state index is 2.45. The quantitative estimate of drug-likeness (QED) is 0.614. The summed E-state index contributed by atoms with van der Waals surface area (Å²) >= 11 is -0.636. The zero-order valence-corrected chi connectivity index (χ0v) is 17.8. The molecule has 0 fully saturated rings. The Morgan fingerprint density at radius 2 is 1.59 bits per heavy atom. The predicted molar refractivity (Wildman–Crippen MR) is 83.1 cm³/mol. The molecule has 0 saturated heterocycles. The van der Waals surface area contributed by atoms with Gasteiger partial charge in [-0.25, -0.2) is 0 Å². The Bertz CT molecular complexity index is 666. The average molecular weight is 413 g/mol. The molecule has 0 heterocycles. The number of fused-ring (bicyclic) bond motifs is 1. The van der Waals surface area contributed by atoms with E-state index in [1.807, 2.05) is 0 Å². The predicted octanol–water partition coefficient (Wildman–Crippen LogP) is -0.505. The van der Waals surface area contributed by atoms with Crippen molar-refractivity contribution in [3.05, 3.63) is 61.5 Å². The second kappa shape index (κ2) is 7.20. The molecule has 116 valence electrons. The van der Waals surface area contributed by atoms with Crippen LogP contribution in [-0.2, 0) is 23.2 Å². The molecule has 1 aromatic carbocycles. The smallest absolute Gasteiger partial charge is 1.00 e. The van der Waals surface area contributed by atoms with Crippen LogP contribution in [0.2, 0.25) is 0 Å². The van der Waals surface area contributed by atoms with E-state index in [2.05, 4.69) is 71.0 Å². The van der Waals surface area contributed by atoms with Gasteiger partial charge >= 0.3 is 134 Å². The van der Waals surface area contributed by atoms with E-state index in [0.717, 1.165) is 3.63 Å². The van der Waals surface area contributed by atoms with Crippen molar-refractivity contribution >= 4 is 6.08 Å². The minimum atomic E-state index is -0.636. The largest absolute Gasteiger partial charge is 1.00 e. The first-order valence-corrected chi connectivity index (χ1v) is 10.0. The van der Waals surface area contributed by atoms with Gasteiger partial charge in [-0.2, -0.15) is 0 Å². The molecule has 0 amide bonds. The maximum absolute atomic E-state index is 2.45. The van der Waals surface area contributed by atoms with Crippen LogP contribution < -0.4 is 24.8 Å². The van der Waals surface area contributed by atoms with Gasteiger partial charge in [-0.1, -0.05) is 0 Å². The molecule has 3 heteroatoms. The van der Waals surface area contributed by atoms with E-state index in [4.69, 9.17) is 0 Å². The van der Waals surface area contributed by atoms with E-state index in [1.165, 1.54) is 5.56 Å². The molecule has 0 radical (unpaired) electrons. The van der Waals surface area contributed by atoms with Crippen molar-refractivity contribution in [2.75, 3.05) is 0 Å². The summed E-state index contributed by atoms with van der Waals surface area (Å²) in [6, 6.07) is 8.91. The number of rotatable bonds is 2. The second-order valence-corrected chi connectivity index (χ2v) is 9.95. The van der Waals surface area contributed by atoms with Gasteiger partial charge in [-0.15, -0.1) is 0 Å². The number of allylic oxidation sites excluding steroid dienone is 5. The third-order valence-corrected chi connectivity index (χ3v) is 10.3. The maximum Gasteiger partial charge on any atom is -1.00 e. The standard InChI is InChI=1S/C10H15.C9H7.2ClH.Zr/c1-7-6-10(4,5)9(3)8(7)2;1-2-5-9-7-3-6-8(9)4-1;;;/h1-5H3;1-7H;2*1H;/q;;;;+2/p-2. The fourth-order valence-corrected chi connectivity index (χ4v) is 8.02. The first-order chi connectivity index (χ1) is 9.43. The van der Waals surface area contributed by atoms with Crippen LogP contribution in [0.4, 0.5) is 0 Å². The van der Waals surface area contributed by atoms with Crippen LogP contribution in [0.5, 0.6) is 0 Å². The van der Waals surface area contributed by atoms with Crippen LogP contribution in [0.3, 0.4) is 0 Å². The molecule has 22 heavy (non-hydrogen) atoms. The van der Waals surface area contributed by atoms with Crippen LogP contribution in [0, 0.1) is 5.41 Å². The molecule has 2 aliphatic carbocycles. The van der Waals surface area contributed by atoms with Crippen LogP contribution in [0.15, 0.2) is 50.3 Å². The Hall–Kier alpha value is -0.0969. The van der Waals surface area contributed by atoms with E-state index >= 15 is 0 Å². The minimum Gasteiger partial charge on any atom is -1.00 e. The zero-order valence-electron chi connectivity index (χ0n) is 13.8. The number of halogens is 2. The molecule has 0 saturated carbocycles. The Morgan fingerprint density at radius 3 is 2.18 bits per heavy atom. The summed E-state index contributed by atoms with van der Waals surface area (Å²) in [7, 11) is 0. The molecule has 0 spiro atoms. The van der Waals surface area contributed by atoms with Crippen molar-refractivity contribution in [2.24, 2.45) is 5.41 Å². The van der Waals surface area contributed by atoms with E-state index in [0.29, 0.717) is 5.41 Å². The molecule has 0 N–H and O–H groups in total. The topological polar surface area (TPSA) is 0 Å². The molecular formula is C19H22Cl2Zr. The van der Waals surface area contributed by atoms with E-state index < -0.39 is 23.2 Å². The number of hydrogen-bond acceptors (Lipinski definition) is 0. The Kier molecular flexibility index (Phi) is 6.53. The molecule has 0 aromatic heterocycles. The fraction of sp³-hybridized carbons (Fsp3) is 0.368. The molecule has 1 atom stereocenters. The fourth-order valence-electron chi connectivity index (χ4n) is 3.41. The van der Waals surface area contributed by atoms with Gasteiger partial charge in [0.05, 0.1) is 0 Å². The van der Waals surface area contributed by atoms with Crippen molar-refractivity contribution in [3.63, 3.8) is 0 Å². The van der Waals surface area contributed by atoms with E-state index in [-0.39, 0.29) is 24.8 Å². The van der Waals surface area contributed by atoms with Crippen LogP contribution in [-0.4, -0.2) is 0 Å². The molecule has 2 aliphatic rings. The Labute approximate surface area is 158 Å². The summed E-state index contributed by atoms with van der Waals surface area (Å²) in [5, 5.41) is 0. The van der Waals surface area contributed by atoms with Crippen LogP contribution in [0.25, 0.3) is 6.08 Å². The first-order valence-electron chi connectivity index (χ1n) is 7.36. The second-order valence-electron chi connectivity index (χ2n) is 6.49. The van der Waals surface area contributed by atoms with Crippen molar-refractivity contribution in [1.29, 1.82) is 0 Å². The summed E-state index contributed by atoms with van der Waals surface area (Å²) in [6.45, 7) is 11.8. The summed E-state index contributed by atoms with van der Waals surface area (Å²) < 4.78 is 2.51. The number of benzene rings is 1. The van der Waals surface area contributed by atoms with Gasteiger partial charge in [-0.05, 0) is 0 Å². The summed E-state index contributed by atoms with van der Waals surface area (Å²) in [4.78, 5) is 0. The van der Waals surface area contributed by atoms with Crippen molar-refractivity contribution < 1.29 is 48.0 Å². The van der Waals surface area contributed by atoms with Gasteiger partial charge in [0, 0.05) is 0 Å². The molecular weight excluding hydrogens is 390 g/mol. The normalized spacial score (nSPS) is 21.2. The van der Waals surface area contributed by atoms with Gasteiger partial charge in [0.1, 0.15) is 0 Å². The summed E-state index contributed by atoms with van der Waals surface area (Å²) in [6.07, 6.45) is 4.78. The average Bonchev–Trinajstić information content (AvgIpc) is 2.90. The van der Waals surface area contributed by atoms with Crippen LogP contribution in [0.1, 0.15) is 49.4 Å². The van der Waals surface area contributed by atoms with Crippen molar-refractivity contribution in [1.82, 2.24) is 0 Å². The Balaban J connectivity index is 0.00000121. The van der Waals surface area contributed by atoms with Gasteiger partial charge in [0.2, 0.25) is 0 Å².